The molecule has 1 fully saturated rings. The molecule has 6 nitrogen and oxygen atoms in total. The van der Waals surface area contributed by atoms with Crippen LogP contribution in [0.1, 0.15) is 24.8 Å². The van der Waals surface area contributed by atoms with Crippen LogP contribution >= 0.6 is 0 Å². The maximum Gasteiger partial charge on any atom is 0.232 e. The van der Waals surface area contributed by atoms with Gasteiger partial charge in [-0.2, -0.15) is 9.78 Å². The molecule has 1 saturated heterocycles. The highest BCUT2D eigenvalue weighted by Crippen LogP contribution is 2.34. The van der Waals surface area contributed by atoms with Crippen LogP contribution in [0.4, 0.5) is 4.39 Å². The molecule has 7 heteroatoms. The van der Waals surface area contributed by atoms with E-state index in [2.05, 4.69) is 15.1 Å². The number of hydrogen-bond acceptors (Lipinski definition) is 4. The maximum absolute atomic E-state index is 13.5. The van der Waals surface area contributed by atoms with E-state index < -0.39 is 0 Å². The van der Waals surface area contributed by atoms with Crippen molar-refractivity contribution in [3.05, 3.63) is 59.9 Å². The molecule has 154 valence electrons. The summed E-state index contributed by atoms with van der Waals surface area (Å²) in [6, 6.07) is 13.9. The fourth-order valence-electron chi connectivity index (χ4n) is 4.08. The number of ether oxygens (including phenoxy) is 1. The van der Waals surface area contributed by atoms with E-state index in [1.54, 1.807) is 12.1 Å². The molecule has 0 unspecified atom stereocenters. The van der Waals surface area contributed by atoms with Crippen molar-refractivity contribution in [1.29, 1.82) is 0 Å². The minimum Gasteiger partial charge on any atom is -0.493 e. The highest BCUT2D eigenvalue weighted by molar-refractivity contribution is 5.76. The third-order valence-electron chi connectivity index (χ3n) is 5.80. The predicted octanol–water partition coefficient (Wildman–Crippen LogP) is 4.62. The molecule has 0 atom stereocenters. The van der Waals surface area contributed by atoms with Gasteiger partial charge in [-0.15, -0.1) is 0 Å². The Bertz CT molecular complexity index is 1130. The van der Waals surface area contributed by atoms with Crippen molar-refractivity contribution in [3.8, 4) is 23.1 Å². The molecule has 0 radical (unpaired) electrons. The van der Waals surface area contributed by atoms with Gasteiger partial charge in [0.2, 0.25) is 11.8 Å². The van der Waals surface area contributed by atoms with Crippen LogP contribution in [0.2, 0.25) is 0 Å². The van der Waals surface area contributed by atoms with Crippen molar-refractivity contribution in [1.82, 2.24) is 19.7 Å². The molecule has 2 aromatic carbocycles. The number of aromatic amines is 1. The Balaban J connectivity index is 1.55. The number of para-hydroxylation sites is 2. The monoisotopic (exact) mass is 406 g/mol. The molecule has 2 aromatic heterocycles. The molecule has 0 spiro atoms. The van der Waals surface area contributed by atoms with Crippen LogP contribution in [-0.2, 0) is 11.2 Å². The number of hydrogen-bond donors (Lipinski definition) is 2. The Kier molecular flexibility index (Phi) is 4.96. The second kappa shape index (κ2) is 7.91. The molecule has 2 N–H and O–H groups in total. The third-order valence-corrected chi connectivity index (χ3v) is 5.80. The lowest BCUT2D eigenvalue weighted by molar-refractivity contribution is 0.0640. The first-order valence-electron chi connectivity index (χ1n) is 10.3. The molecule has 1 aliphatic rings. The van der Waals surface area contributed by atoms with E-state index >= 15 is 0 Å². The molecule has 30 heavy (non-hydrogen) atoms. The fourth-order valence-corrected chi connectivity index (χ4v) is 4.08. The normalized spacial score (nSPS) is 15.1. The molecule has 0 bridgehead atoms. The van der Waals surface area contributed by atoms with Crippen LogP contribution < -0.4 is 0 Å². The molecule has 4 aromatic rings. The number of fused-ring (bicyclic) bond motifs is 1. The standard InChI is InChI=1S/C23H23FN4O2/c24-17-8-6-16(7-9-17)21-18(10-5-15-11-13-30-14-12-15)22(29)28(27-21)23-25-19-3-1-2-4-20(19)26-23/h1-4,6-9,15,29H,5,10-14H2,(H,25,26). The van der Waals surface area contributed by atoms with Crippen LogP contribution in [0.25, 0.3) is 28.2 Å². The van der Waals surface area contributed by atoms with Crippen LogP contribution in [0, 0.1) is 11.7 Å². The Labute approximate surface area is 173 Å². The smallest absolute Gasteiger partial charge is 0.232 e. The van der Waals surface area contributed by atoms with E-state index in [1.165, 1.54) is 16.8 Å². The summed E-state index contributed by atoms with van der Waals surface area (Å²) in [6.07, 6.45) is 3.69. The van der Waals surface area contributed by atoms with Gasteiger partial charge in [-0.1, -0.05) is 12.1 Å². The Morgan fingerprint density at radius 2 is 1.87 bits per heavy atom. The summed E-state index contributed by atoms with van der Waals surface area (Å²) in [5.41, 5.74) is 3.85. The maximum atomic E-state index is 13.5. The average molecular weight is 406 g/mol. The number of H-pyrrole nitrogens is 1. The fraction of sp³-hybridized carbons (Fsp3) is 0.304. The predicted molar refractivity (Wildman–Crippen MR) is 112 cm³/mol. The number of rotatable bonds is 5. The molecule has 5 rings (SSSR count). The van der Waals surface area contributed by atoms with E-state index in [0.717, 1.165) is 54.6 Å². The van der Waals surface area contributed by atoms with Crippen LogP contribution in [0.3, 0.4) is 0 Å². The zero-order valence-electron chi connectivity index (χ0n) is 16.5. The molecule has 0 saturated carbocycles. The molecule has 0 aliphatic carbocycles. The van der Waals surface area contributed by atoms with E-state index in [1.807, 2.05) is 24.3 Å². The first-order chi connectivity index (χ1) is 14.7. The minimum atomic E-state index is -0.302. The van der Waals surface area contributed by atoms with Crippen molar-refractivity contribution in [2.24, 2.45) is 5.92 Å². The number of nitrogens with one attached hydrogen (secondary N) is 1. The lowest BCUT2D eigenvalue weighted by atomic mass is 9.92. The van der Waals surface area contributed by atoms with Crippen molar-refractivity contribution in [3.63, 3.8) is 0 Å². The van der Waals surface area contributed by atoms with Gasteiger partial charge in [0.1, 0.15) is 11.5 Å². The van der Waals surface area contributed by atoms with Crippen molar-refractivity contribution in [2.45, 2.75) is 25.7 Å². The Morgan fingerprint density at radius 3 is 2.63 bits per heavy atom. The average Bonchev–Trinajstić information content (AvgIpc) is 3.34. The van der Waals surface area contributed by atoms with E-state index in [0.29, 0.717) is 24.0 Å². The van der Waals surface area contributed by atoms with Crippen LogP contribution in [-0.4, -0.2) is 38.1 Å². The SMILES string of the molecule is Oc1c(CCC2CCOCC2)c(-c2ccc(F)cc2)nn1-c1nc2ccccc2[nH]1. The molecule has 3 heterocycles. The highest BCUT2D eigenvalue weighted by atomic mass is 19.1. The number of halogens is 1. The largest absolute Gasteiger partial charge is 0.493 e. The number of benzene rings is 2. The number of aromatic nitrogens is 4. The summed E-state index contributed by atoms with van der Waals surface area (Å²) in [4.78, 5) is 7.78. The van der Waals surface area contributed by atoms with Gasteiger partial charge in [0.05, 0.1) is 11.0 Å². The summed E-state index contributed by atoms with van der Waals surface area (Å²) in [5, 5.41) is 15.7. The van der Waals surface area contributed by atoms with Crippen LogP contribution in [0.5, 0.6) is 5.88 Å². The summed E-state index contributed by atoms with van der Waals surface area (Å²) >= 11 is 0. The van der Waals surface area contributed by atoms with E-state index in [-0.39, 0.29) is 11.7 Å². The lowest BCUT2D eigenvalue weighted by Gasteiger charge is -2.21. The summed E-state index contributed by atoms with van der Waals surface area (Å²) in [5.74, 6) is 0.784. The third kappa shape index (κ3) is 3.57. The van der Waals surface area contributed by atoms with Gasteiger partial charge in [0.15, 0.2) is 0 Å². The minimum absolute atomic E-state index is 0.0699. The van der Waals surface area contributed by atoms with Gasteiger partial charge >= 0.3 is 0 Å². The Morgan fingerprint density at radius 1 is 1.10 bits per heavy atom. The summed E-state index contributed by atoms with van der Waals surface area (Å²) in [7, 11) is 0. The molecular formula is C23H23FN4O2. The zero-order valence-corrected chi connectivity index (χ0v) is 16.5. The molecular weight excluding hydrogens is 383 g/mol. The number of aromatic hydroxyl groups is 1. The molecule has 1 aliphatic heterocycles. The van der Waals surface area contributed by atoms with Gasteiger partial charge in [-0.3, -0.25) is 0 Å². The van der Waals surface area contributed by atoms with Gasteiger partial charge < -0.3 is 14.8 Å². The van der Waals surface area contributed by atoms with Crippen molar-refractivity contribution in [2.75, 3.05) is 13.2 Å². The van der Waals surface area contributed by atoms with E-state index in [9.17, 15) is 9.50 Å². The van der Waals surface area contributed by atoms with Gasteiger partial charge in [-0.05, 0) is 68.0 Å². The first kappa shape index (κ1) is 18.8. The quantitative estimate of drug-likeness (QED) is 0.507. The van der Waals surface area contributed by atoms with Gasteiger partial charge in [0, 0.05) is 24.3 Å². The summed E-state index contributed by atoms with van der Waals surface area (Å²) < 4.78 is 20.4. The number of nitrogens with zero attached hydrogens (tertiary/aromatic N) is 3. The highest BCUT2D eigenvalue weighted by Gasteiger charge is 2.23. The van der Waals surface area contributed by atoms with Crippen molar-refractivity contribution >= 4 is 11.0 Å². The van der Waals surface area contributed by atoms with Crippen molar-refractivity contribution < 1.29 is 14.2 Å². The topological polar surface area (TPSA) is 76.0 Å². The zero-order chi connectivity index (χ0) is 20.5. The Hall–Kier alpha value is -3.19. The number of imidazole rings is 1. The van der Waals surface area contributed by atoms with E-state index in [4.69, 9.17) is 4.74 Å². The second-order valence-corrected chi connectivity index (χ2v) is 7.74. The first-order valence-corrected chi connectivity index (χ1v) is 10.3. The van der Waals surface area contributed by atoms with Gasteiger partial charge in [0.25, 0.3) is 0 Å². The second-order valence-electron chi connectivity index (χ2n) is 7.74. The van der Waals surface area contributed by atoms with Gasteiger partial charge in [-0.25, -0.2) is 9.37 Å². The lowest BCUT2D eigenvalue weighted by Crippen LogP contribution is -2.16. The van der Waals surface area contributed by atoms with Crippen LogP contribution in [0.15, 0.2) is 48.5 Å². The molecule has 0 amide bonds. The summed E-state index contributed by atoms with van der Waals surface area (Å²) in [6.45, 7) is 1.58.